The third-order valence-electron chi connectivity index (χ3n) is 6.03. The maximum atomic E-state index is 4.70. The topological polar surface area (TPSA) is 30.7 Å². The predicted octanol–water partition coefficient (Wildman–Crippen LogP) is 4.50. The predicted molar refractivity (Wildman–Crippen MR) is 94.3 cm³/mol. The van der Waals surface area contributed by atoms with Crippen molar-refractivity contribution in [2.75, 3.05) is 0 Å². The summed E-state index contributed by atoms with van der Waals surface area (Å²) in [5.74, 6) is 0.680. The fraction of sp³-hybridized carbons (Fsp3) is 0.600. The first-order valence-corrected chi connectivity index (χ1v) is 8.76. The molecule has 3 rings (SSSR count). The molecule has 0 fully saturated rings. The minimum absolute atomic E-state index is 0.312. The first-order chi connectivity index (χ1) is 10.8. The Kier molecular flexibility index (Phi) is 4.07. The van der Waals surface area contributed by atoms with Crippen molar-refractivity contribution in [2.45, 2.75) is 60.4 Å². The van der Waals surface area contributed by atoms with Crippen molar-refractivity contribution < 1.29 is 0 Å². The van der Waals surface area contributed by atoms with Crippen LogP contribution in [0.15, 0.2) is 30.7 Å². The van der Waals surface area contributed by atoms with Crippen LogP contribution in [0.1, 0.15) is 57.9 Å². The van der Waals surface area contributed by atoms with Gasteiger partial charge in [0.25, 0.3) is 0 Å². The number of hydrogen-bond donors (Lipinski definition) is 0. The van der Waals surface area contributed by atoms with E-state index >= 15 is 0 Å². The van der Waals surface area contributed by atoms with Crippen LogP contribution < -0.4 is 0 Å². The third kappa shape index (κ3) is 2.82. The smallest absolute Gasteiger partial charge is 0.0663 e. The molecule has 2 aromatic rings. The molecule has 1 aliphatic rings. The highest BCUT2D eigenvalue weighted by molar-refractivity contribution is 5.26. The van der Waals surface area contributed by atoms with Crippen LogP contribution in [0.25, 0.3) is 0 Å². The Bertz CT molecular complexity index is 664. The molecule has 0 N–H and O–H groups in total. The van der Waals surface area contributed by atoms with Gasteiger partial charge in [-0.25, -0.2) is 0 Å². The molecule has 1 aliphatic carbocycles. The third-order valence-corrected chi connectivity index (χ3v) is 6.03. The lowest BCUT2D eigenvalue weighted by atomic mass is 9.54. The van der Waals surface area contributed by atoms with Crippen molar-refractivity contribution in [1.29, 1.82) is 0 Å². The van der Waals surface area contributed by atoms with E-state index in [1.165, 1.54) is 23.2 Å². The largest absolute Gasteiger partial charge is 0.265 e. The van der Waals surface area contributed by atoms with Gasteiger partial charge in [0.15, 0.2) is 0 Å². The van der Waals surface area contributed by atoms with Crippen LogP contribution in [0, 0.1) is 16.7 Å². The fourth-order valence-corrected chi connectivity index (χ4v) is 4.45. The van der Waals surface area contributed by atoms with Crippen LogP contribution in [0.4, 0.5) is 0 Å². The second kappa shape index (κ2) is 5.77. The molecule has 0 aromatic carbocycles. The van der Waals surface area contributed by atoms with Gasteiger partial charge in [-0.15, -0.1) is 0 Å². The molecule has 0 saturated heterocycles. The highest BCUT2D eigenvalue weighted by atomic mass is 15.3. The fourth-order valence-electron chi connectivity index (χ4n) is 4.45. The lowest BCUT2D eigenvalue weighted by Gasteiger charge is -2.50. The zero-order chi connectivity index (χ0) is 16.7. The minimum atomic E-state index is 0.312. The zero-order valence-electron chi connectivity index (χ0n) is 15.1. The Morgan fingerprint density at radius 1 is 1.22 bits per heavy atom. The zero-order valence-corrected chi connectivity index (χ0v) is 15.1. The summed E-state index contributed by atoms with van der Waals surface area (Å²) in [6, 6.07) is 4.15. The van der Waals surface area contributed by atoms with E-state index in [9.17, 15) is 0 Å². The number of pyridine rings is 1. The average molecular weight is 311 g/mol. The first-order valence-electron chi connectivity index (χ1n) is 8.76. The summed E-state index contributed by atoms with van der Waals surface area (Å²) in [7, 11) is 0. The van der Waals surface area contributed by atoms with Gasteiger partial charge in [0.2, 0.25) is 0 Å². The van der Waals surface area contributed by atoms with Gasteiger partial charge in [0.05, 0.1) is 12.7 Å². The SMILES string of the molecule is CC(C)C1(C(C)(C)C)CCc2c(cnn2Cc2ccncc2)C1. The van der Waals surface area contributed by atoms with Crippen molar-refractivity contribution in [3.63, 3.8) is 0 Å². The molecule has 1 unspecified atom stereocenters. The molecule has 124 valence electrons. The Morgan fingerprint density at radius 3 is 2.52 bits per heavy atom. The van der Waals surface area contributed by atoms with E-state index in [1.807, 2.05) is 12.4 Å². The first kappa shape index (κ1) is 16.2. The minimum Gasteiger partial charge on any atom is -0.265 e. The quantitative estimate of drug-likeness (QED) is 0.835. The Labute approximate surface area is 140 Å². The van der Waals surface area contributed by atoms with E-state index in [2.05, 4.69) is 62.6 Å². The van der Waals surface area contributed by atoms with E-state index in [1.54, 1.807) is 0 Å². The summed E-state index contributed by atoms with van der Waals surface area (Å²) in [6.45, 7) is 12.8. The van der Waals surface area contributed by atoms with Gasteiger partial charge < -0.3 is 0 Å². The molecule has 0 amide bonds. The van der Waals surface area contributed by atoms with Gasteiger partial charge in [-0.05, 0) is 59.3 Å². The van der Waals surface area contributed by atoms with Gasteiger partial charge in [-0.3, -0.25) is 9.67 Å². The van der Waals surface area contributed by atoms with Crippen molar-refractivity contribution in [2.24, 2.45) is 16.7 Å². The summed E-state index contributed by atoms with van der Waals surface area (Å²) >= 11 is 0. The number of aromatic nitrogens is 3. The van der Waals surface area contributed by atoms with Gasteiger partial charge in [-0.2, -0.15) is 5.10 Å². The van der Waals surface area contributed by atoms with Crippen molar-refractivity contribution in [1.82, 2.24) is 14.8 Å². The molecule has 3 heteroatoms. The van der Waals surface area contributed by atoms with Gasteiger partial charge in [0, 0.05) is 18.1 Å². The molecular formula is C20H29N3. The number of hydrogen-bond acceptors (Lipinski definition) is 2. The number of nitrogens with zero attached hydrogens (tertiary/aromatic N) is 3. The highest BCUT2D eigenvalue weighted by Crippen LogP contribution is 2.53. The molecule has 2 aromatic heterocycles. The van der Waals surface area contributed by atoms with Gasteiger partial charge in [-0.1, -0.05) is 34.6 Å². The van der Waals surface area contributed by atoms with E-state index in [0.29, 0.717) is 16.7 Å². The monoisotopic (exact) mass is 311 g/mol. The summed E-state index contributed by atoms with van der Waals surface area (Å²) in [6.07, 6.45) is 9.36. The Morgan fingerprint density at radius 2 is 1.91 bits per heavy atom. The van der Waals surface area contributed by atoms with Crippen molar-refractivity contribution >= 4 is 0 Å². The molecule has 0 bridgehead atoms. The number of fused-ring (bicyclic) bond motifs is 1. The van der Waals surface area contributed by atoms with Crippen molar-refractivity contribution in [3.8, 4) is 0 Å². The average Bonchev–Trinajstić information content (AvgIpc) is 2.89. The molecule has 0 spiro atoms. The molecule has 0 saturated carbocycles. The summed E-state index contributed by atoms with van der Waals surface area (Å²) in [4.78, 5) is 4.10. The Balaban J connectivity index is 1.89. The lowest BCUT2D eigenvalue weighted by molar-refractivity contribution is 0.0142. The van der Waals surface area contributed by atoms with E-state index in [4.69, 9.17) is 5.10 Å². The van der Waals surface area contributed by atoms with Crippen LogP contribution in [-0.4, -0.2) is 14.8 Å². The van der Waals surface area contributed by atoms with Gasteiger partial charge >= 0.3 is 0 Å². The van der Waals surface area contributed by atoms with Crippen LogP contribution in [0.2, 0.25) is 0 Å². The maximum absolute atomic E-state index is 4.70. The summed E-state index contributed by atoms with van der Waals surface area (Å²) in [5.41, 5.74) is 4.83. The maximum Gasteiger partial charge on any atom is 0.0663 e. The summed E-state index contributed by atoms with van der Waals surface area (Å²) in [5, 5.41) is 4.70. The lowest BCUT2D eigenvalue weighted by Crippen LogP contribution is -2.45. The molecule has 23 heavy (non-hydrogen) atoms. The highest BCUT2D eigenvalue weighted by Gasteiger charge is 2.46. The normalized spacial score (nSPS) is 21.5. The molecule has 2 heterocycles. The van der Waals surface area contributed by atoms with Gasteiger partial charge in [0.1, 0.15) is 0 Å². The van der Waals surface area contributed by atoms with Crippen LogP contribution in [-0.2, 0) is 19.4 Å². The summed E-state index contributed by atoms with van der Waals surface area (Å²) < 4.78 is 2.19. The molecule has 0 radical (unpaired) electrons. The van der Waals surface area contributed by atoms with Crippen molar-refractivity contribution in [3.05, 3.63) is 47.5 Å². The Hall–Kier alpha value is -1.64. The standard InChI is InChI=1S/C20H29N3/c1-15(2)20(19(3,4)5)9-6-18-17(12-20)13-22-23(18)14-16-7-10-21-11-8-16/h7-8,10-11,13,15H,6,9,12,14H2,1-5H3. The van der Waals surface area contributed by atoms with Crippen LogP contribution in [0.3, 0.4) is 0 Å². The van der Waals surface area contributed by atoms with E-state index < -0.39 is 0 Å². The van der Waals surface area contributed by atoms with Crippen LogP contribution >= 0.6 is 0 Å². The van der Waals surface area contributed by atoms with Crippen LogP contribution in [0.5, 0.6) is 0 Å². The molecule has 0 aliphatic heterocycles. The second-order valence-corrected chi connectivity index (χ2v) is 8.37. The molecular weight excluding hydrogens is 282 g/mol. The second-order valence-electron chi connectivity index (χ2n) is 8.37. The number of rotatable bonds is 3. The molecule has 3 nitrogen and oxygen atoms in total. The van der Waals surface area contributed by atoms with E-state index in [-0.39, 0.29) is 0 Å². The molecule has 1 atom stereocenters. The van der Waals surface area contributed by atoms with E-state index in [0.717, 1.165) is 19.4 Å².